The van der Waals surface area contributed by atoms with E-state index in [1.807, 2.05) is 6.07 Å². The average Bonchev–Trinajstić information content (AvgIpc) is 2.98. The molecule has 0 radical (unpaired) electrons. The first kappa shape index (κ1) is 11.1. The molecule has 1 saturated heterocycles. The second kappa shape index (κ2) is 4.62. The third-order valence-corrected chi connectivity index (χ3v) is 3.29. The molecule has 1 fully saturated rings. The van der Waals surface area contributed by atoms with Crippen LogP contribution in [0.1, 0.15) is 25.3 Å². The Hall–Kier alpha value is -0.410. The molecule has 1 aromatic rings. The van der Waals surface area contributed by atoms with E-state index in [0.717, 1.165) is 29.3 Å². The minimum absolute atomic E-state index is 0.119. The SMILES string of the molecule is CCC1OC1CCc1cc(Br)ccc1F. The van der Waals surface area contributed by atoms with Crippen molar-refractivity contribution < 1.29 is 9.13 Å². The number of rotatable bonds is 4. The second-order valence-corrected chi connectivity index (χ2v) is 4.81. The lowest BCUT2D eigenvalue weighted by atomic mass is 10.1. The molecule has 0 aromatic heterocycles. The first-order valence-corrected chi connectivity index (χ1v) is 6.09. The van der Waals surface area contributed by atoms with E-state index in [1.165, 1.54) is 6.07 Å². The normalized spacial score (nSPS) is 24.2. The Bertz CT molecular complexity index is 353. The van der Waals surface area contributed by atoms with E-state index in [2.05, 4.69) is 22.9 Å². The number of hydrogen-bond acceptors (Lipinski definition) is 1. The van der Waals surface area contributed by atoms with Crippen LogP contribution < -0.4 is 0 Å². The van der Waals surface area contributed by atoms with Gasteiger partial charge in [0.2, 0.25) is 0 Å². The Kier molecular flexibility index (Phi) is 3.42. The molecule has 2 rings (SSSR count). The molecule has 82 valence electrons. The Morgan fingerprint density at radius 2 is 2.20 bits per heavy atom. The zero-order valence-electron chi connectivity index (χ0n) is 8.67. The van der Waals surface area contributed by atoms with Crippen LogP contribution in [0.3, 0.4) is 0 Å². The Morgan fingerprint density at radius 3 is 2.87 bits per heavy atom. The molecule has 0 saturated carbocycles. The summed E-state index contributed by atoms with van der Waals surface area (Å²) in [6.45, 7) is 2.12. The quantitative estimate of drug-likeness (QED) is 0.762. The summed E-state index contributed by atoms with van der Waals surface area (Å²) in [6, 6.07) is 5.07. The number of hydrogen-bond donors (Lipinski definition) is 0. The van der Waals surface area contributed by atoms with Crippen LogP contribution >= 0.6 is 15.9 Å². The van der Waals surface area contributed by atoms with Crippen molar-refractivity contribution in [1.82, 2.24) is 0 Å². The maximum absolute atomic E-state index is 13.4. The molecule has 2 unspecified atom stereocenters. The van der Waals surface area contributed by atoms with E-state index in [9.17, 15) is 4.39 Å². The van der Waals surface area contributed by atoms with Crippen LogP contribution in [0.5, 0.6) is 0 Å². The maximum atomic E-state index is 13.4. The number of benzene rings is 1. The predicted octanol–water partition coefficient (Wildman–Crippen LogP) is 3.70. The summed E-state index contributed by atoms with van der Waals surface area (Å²) in [7, 11) is 0. The number of halogens is 2. The number of ether oxygens (including phenoxy) is 1. The molecule has 0 amide bonds. The van der Waals surface area contributed by atoms with Crippen molar-refractivity contribution in [2.24, 2.45) is 0 Å². The highest BCUT2D eigenvalue weighted by atomic mass is 79.9. The monoisotopic (exact) mass is 272 g/mol. The highest BCUT2D eigenvalue weighted by Gasteiger charge is 2.36. The summed E-state index contributed by atoms with van der Waals surface area (Å²) in [6.07, 6.45) is 3.51. The van der Waals surface area contributed by atoms with E-state index in [4.69, 9.17) is 4.74 Å². The van der Waals surface area contributed by atoms with Gasteiger partial charge in [-0.15, -0.1) is 0 Å². The van der Waals surface area contributed by atoms with Gasteiger partial charge >= 0.3 is 0 Å². The van der Waals surface area contributed by atoms with Gasteiger partial charge in [-0.1, -0.05) is 22.9 Å². The van der Waals surface area contributed by atoms with Gasteiger partial charge in [0, 0.05) is 4.47 Å². The van der Waals surface area contributed by atoms with Crippen LogP contribution in [0.2, 0.25) is 0 Å². The van der Waals surface area contributed by atoms with Gasteiger partial charge in [-0.3, -0.25) is 0 Å². The minimum atomic E-state index is -0.119. The largest absolute Gasteiger partial charge is 0.370 e. The predicted molar refractivity (Wildman–Crippen MR) is 61.4 cm³/mol. The van der Waals surface area contributed by atoms with Gasteiger partial charge in [0.15, 0.2) is 0 Å². The van der Waals surface area contributed by atoms with Crippen molar-refractivity contribution in [2.45, 2.75) is 38.4 Å². The first-order valence-electron chi connectivity index (χ1n) is 5.30. The van der Waals surface area contributed by atoms with Gasteiger partial charge in [-0.25, -0.2) is 4.39 Å². The molecular weight excluding hydrogens is 259 g/mol. The maximum Gasteiger partial charge on any atom is 0.126 e. The van der Waals surface area contributed by atoms with Crippen LogP contribution in [0, 0.1) is 5.82 Å². The smallest absolute Gasteiger partial charge is 0.126 e. The molecule has 2 atom stereocenters. The second-order valence-electron chi connectivity index (χ2n) is 3.90. The molecule has 1 nitrogen and oxygen atoms in total. The fraction of sp³-hybridized carbons (Fsp3) is 0.500. The van der Waals surface area contributed by atoms with Crippen LogP contribution in [-0.4, -0.2) is 12.2 Å². The van der Waals surface area contributed by atoms with Crippen molar-refractivity contribution in [2.75, 3.05) is 0 Å². The number of aryl methyl sites for hydroxylation is 1. The highest BCUT2D eigenvalue weighted by molar-refractivity contribution is 9.10. The fourth-order valence-corrected chi connectivity index (χ4v) is 2.23. The summed E-state index contributed by atoms with van der Waals surface area (Å²) in [4.78, 5) is 0. The molecule has 0 spiro atoms. The van der Waals surface area contributed by atoms with Crippen LogP contribution in [0.25, 0.3) is 0 Å². The van der Waals surface area contributed by atoms with Crippen molar-refractivity contribution in [3.63, 3.8) is 0 Å². The minimum Gasteiger partial charge on any atom is -0.370 e. The third kappa shape index (κ3) is 2.79. The molecule has 0 bridgehead atoms. The van der Waals surface area contributed by atoms with E-state index in [1.54, 1.807) is 6.07 Å². The standard InChI is InChI=1S/C12H14BrFO/c1-2-11-12(15-11)6-3-8-7-9(13)4-5-10(8)14/h4-5,7,11-12H,2-3,6H2,1H3. The van der Waals surface area contributed by atoms with Crippen LogP contribution in [0.15, 0.2) is 22.7 Å². The Balaban J connectivity index is 1.91. The van der Waals surface area contributed by atoms with Crippen molar-refractivity contribution >= 4 is 15.9 Å². The van der Waals surface area contributed by atoms with E-state index >= 15 is 0 Å². The zero-order chi connectivity index (χ0) is 10.8. The van der Waals surface area contributed by atoms with E-state index in [-0.39, 0.29) is 5.82 Å². The summed E-state index contributed by atoms with van der Waals surface area (Å²) < 4.78 is 19.7. The van der Waals surface area contributed by atoms with Crippen LogP contribution in [-0.2, 0) is 11.2 Å². The Morgan fingerprint density at radius 1 is 1.40 bits per heavy atom. The van der Waals surface area contributed by atoms with Gasteiger partial charge in [-0.2, -0.15) is 0 Å². The molecular formula is C12H14BrFO. The third-order valence-electron chi connectivity index (χ3n) is 2.80. The fourth-order valence-electron chi connectivity index (χ4n) is 1.82. The molecule has 1 heterocycles. The molecule has 0 N–H and O–H groups in total. The van der Waals surface area contributed by atoms with Crippen LogP contribution in [0.4, 0.5) is 4.39 Å². The lowest BCUT2D eigenvalue weighted by Gasteiger charge is -2.02. The lowest BCUT2D eigenvalue weighted by Crippen LogP contribution is -1.97. The summed E-state index contributed by atoms with van der Waals surface area (Å²) in [5.41, 5.74) is 0.773. The van der Waals surface area contributed by atoms with Gasteiger partial charge in [0.05, 0.1) is 12.2 Å². The summed E-state index contributed by atoms with van der Waals surface area (Å²) in [5.74, 6) is -0.119. The van der Waals surface area contributed by atoms with E-state index < -0.39 is 0 Å². The first-order chi connectivity index (χ1) is 7.20. The highest BCUT2D eigenvalue weighted by Crippen LogP contribution is 2.29. The Labute approximate surface area is 97.8 Å². The molecule has 1 aliphatic heterocycles. The van der Waals surface area contributed by atoms with Gasteiger partial charge in [0.25, 0.3) is 0 Å². The lowest BCUT2D eigenvalue weighted by molar-refractivity contribution is 0.359. The van der Waals surface area contributed by atoms with Crippen molar-refractivity contribution in [1.29, 1.82) is 0 Å². The van der Waals surface area contributed by atoms with E-state index in [0.29, 0.717) is 12.2 Å². The average molecular weight is 273 g/mol. The molecule has 1 aliphatic rings. The van der Waals surface area contributed by atoms with Crippen molar-refractivity contribution in [3.05, 3.63) is 34.1 Å². The molecule has 0 aliphatic carbocycles. The molecule has 3 heteroatoms. The van der Waals surface area contributed by atoms with Crippen molar-refractivity contribution in [3.8, 4) is 0 Å². The summed E-state index contributed by atoms with van der Waals surface area (Å²) >= 11 is 3.35. The molecule has 1 aromatic carbocycles. The number of epoxide rings is 1. The van der Waals surface area contributed by atoms with Gasteiger partial charge < -0.3 is 4.74 Å². The van der Waals surface area contributed by atoms with Gasteiger partial charge in [0.1, 0.15) is 5.82 Å². The topological polar surface area (TPSA) is 12.5 Å². The summed E-state index contributed by atoms with van der Waals surface area (Å²) in [5, 5.41) is 0. The molecule has 15 heavy (non-hydrogen) atoms. The zero-order valence-corrected chi connectivity index (χ0v) is 10.3. The van der Waals surface area contributed by atoms with Gasteiger partial charge in [-0.05, 0) is 43.0 Å².